The van der Waals surface area contributed by atoms with E-state index in [2.05, 4.69) is 95.5 Å². The third kappa shape index (κ3) is 3.13. The van der Waals surface area contributed by atoms with E-state index in [0.717, 1.165) is 23.9 Å². The van der Waals surface area contributed by atoms with E-state index in [-0.39, 0.29) is 6.04 Å². The summed E-state index contributed by atoms with van der Waals surface area (Å²) in [5, 5.41) is 4.27. The number of nitrogens with one attached hydrogen (secondary N) is 1. The molecule has 3 aromatic rings. The van der Waals surface area contributed by atoms with Gasteiger partial charge in [-0.25, -0.2) is 0 Å². The van der Waals surface area contributed by atoms with Crippen LogP contribution < -0.4 is 5.32 Å². The number of hydrogen-bond acceptors (Lipinski definition) is 1. The minimum Gasteiger partial charge on any atom is -0.348 e. The first-order chi connectivity index (χ1) is 12.6. The van der Waals surface area contributed by atoms with E-state index >= 15 is 0 Å². The van der Waals surface area contributed by atoms with E-state index in [9.17, 15) is 0 Å². The fraction of sp³-hybridized carbons (Fsp3) is 0.227. The molecule has 1 aromatic heterocycles. The molecule has 4 rings (SSSR count). The van der Waals surface area contributed by atoms with Gasteiger partial charge in [0.15, 0.2) is 5.11 Å². The van der Waals surface area contributed by atoms with Crippen molar-refractivity contribution in [3.05, 3.63) is 89.2 Å². The molecule has 1 aliphatic heterocycles. The average molecular weight is 362 g/mol. The Kier molecular flexibility index (Phi) is 4.51. The van der Waals surface area contributed by atoms with Gasteiger partial charge in [-0.2, -0.15) is 0 Å². The predicted octanol–water partition coefficient (Wildman–Crippen LogP) is 4.91. The molecule has 0 unspecified atom stereocenters. The maximum atomic E-state index is 5.84. The van der Waals surface area contributed by atoms with E-state index in [4.69, 9.17) is 12.2 Å². The quantitative estimate of drug-likeness (QED) is 0.655. The second kappa shape index (κ2) is 6.96. The number of aryl methyl sites for hydroxylation is 2. The lowest BCUT2D eigenvalue weighted by Crippen LogP contribution is -2.44. The van der Waals surface area contributed by atoms with Crippen LogP contribution in [0.25, 0.3) is 0 Å². The van der Waals surface area contributed by atoms with E-state index in [1.807, 2.05) is 0 Å². The predicted molar refractivity (Wildman–Crippen MR) is 112 cm³/mol. The highest BCUT2D eigenvalue weighted by molar-refractivity contribution is 7.80. The first-order valence-electron chi connectivity index (χ1n) is 8.98. The second-order valence-electron chi connectivity index (χ2n) is 6.88. The maximum Gasteiger partial charge on any atom is 0.174 e. The van der Waals surface area contributed by atoms with Crippen LogP contribution in [-0.2, 0) is 6.54 Å². The number of anilines is 1. The lowest BCUT2D eigenvalue weighted by Gasteiger charge is -2.39. The van der Waals surface area contributed by atoms with Crippen LogP contribution in [0.5, 0.6) is 0 Å². The molecule has 0 radical (unpaired) electrons. The lowest BCUT2D eigenvalue weighted by atomic mass is 10.0. The van der Waals surface area contributed by atoms with E-state index < -0.39 is 0 Å². The smallest absolute Gasteiger partial charge is 0.174 e. The zero-order valence-electron chi connectivity index (χ0n) is 15.1. The van der Waals surface area contributed by atoms with Crippen LogP contribution in [-0.4, -0.2) is 21.1 Å². The minimum atomic E-state index is 0.130. The largest absolute Gasteiger partial charge is 0.348 e. The summed E-state index contributed by atoms with van der Waals surface area (Å²) in [5.74, 6) is 0. The van der Waals surface area contributed by atoms with Crippen LogP contribution in [0.1, 0.15) is 28.4 Å². The maximum absolute atomic E-state index is 5.84. The molecule has 1 aliphatic rings. The zero-order chi connectivity index (χ0) is 18.1. The summed E-state index contributed by atoms with van der Waals surface area (Å²) in [5.41, 5.74) is 6.07. The fourth-order valence-corrected chi connectivity index (χ4v) is 3.95. The molecule has 2 aromatic carbocycles. The normalized spacial score (nSPS) is 16.2. The van der Waals surface area contributed by atoms with Crippen molar-refractivity contribution < 1.29 is 0 Å². The Hall–Kier alpha value is -2.59. The SMILES string of the molecule is Cc1ccc(C)c(NC(=S)N2CCn3cccc3[C@H]2c2ccccc2)c1. The molecule has 1 N–H and O–H groups in total. The van der Waals surface area contributed by atoms with Gasteiger partial charge in [0.05, 0.1) is 6.04 Å². The van der Waals surface area contributed by atoms with Crippen LogP contribution in [0.2, 0.25) is 0 Å². The van der Waals surface area contributed by atoms with Gasteiger partial charge in [0, 0.05) is 30.7 Å². The Labute approximate surface area is 160 Å². The number of benzene rings is 2. The highest BCUT2D eigenvalue weighted by Gasteiger charge is 2.30. The summed E-state index contributed by atoms with van der Waals surface area (Å²) in [6, 6.07) is 21.5. The van der Waals surface area contributed by atoms with Gasteiger partial charge in [-0.05, 0) is 61.0 Å². The Morgan fingerprint density at radius 2 is 1.81 bits per heavy atom. The summed E-state index contributed by atoms with van der Waals surface area (Å²) in [6.45, 7) is 6.05. The van der Waals surface area contributed by atoms with Crippen LogP contribution in [0.15, 0.2) is 66.9 Å². The molecule has 0 amide bonds. The third-order valence-electron chi connectivity index (χ3n) is 5.05. The topological polar surface area (TPSA) is 20.2 Å². The third-order valence-corrected chi connectivity index (χ3v) is 5.39. The van der Waals surface area contributed by atoms with Crippen molar-refractivity contribution in [2.75, 3.05) is 11.9 Å². The van der Waals surface area contributed by atoms with Crippen molar-refractivity contribution in [1.29, 1.82) is 0 Å². The first-order valence-corrected chi connectivity index (χ1v) is 9.39. The second-order valence-corrected chi connectivity index (χ2v) is 7.27. The monoisotopic (exact) mass is 361 g/mol. The Morgan fingerprint density at radius 1 is 1.00 bits per heavy atom. The molecule has 0 saturated heterocycles. The lowest BCUT2D eigenvalue weighted by molar-refractivity contribution is 0.293. The Morgan fingerprint density at radius 3 is 2.62 bits per heavy atom. The summed E-state index contributed by atoms with van der Waals surface area (Å²) in [7, 11) is 0. The number of hydrogen-bond donors (Lipinski definition) is 1. The number of aromatic nitrogens is 1. The van der Waals surface area contributed by atoms with Gasteiger partial charge in [0.25, 0.3) is 0 Å². The zero-order valence-corrected chi connectivity index (χ0v) is 16.0. The first kappa shape index (κ1) is 16.9. The average Bonchev–Trinajstić information content (AvgIpc) is 3.13. The number of fused-ring (bicyclic) bond motifs is 1. The Balaban J connectivity index is 1.68. The van der Waals surface area contributed by atoms with Crippen LogP contribution >= 0.6 is 12.2 Å². The standard InChI is InChI=1S/C22H23N3S/c1-16-10-11-17(2)19(15-16)23-22(26)25-14-13-24-12-6-9-20(24)21(25)18-7-4-3-5-8-18/h3-12,15,21H,13-14H2,1-2H3,(H,23,26)/t21-/m1/s1. The molecule has 0 saturated carbocycles. The van der Waals surface area contributed by atoms with Gasteiger partial charge >= 0.3 is 0 Å². The van der Waals surface area contributed by atoms with Crippen LogP contribution in [0, 0.1) is 13.8 Å². The fourth-order valence-electron chi connectivity index (χ4n) is 3.65. The summed E-state index contributed by atoms with van der Waals surface area (Å²) in [6.07, 6.45) is 2.16. The van der Waals surface area contributed by atoms with Crippen molar-refractivity contribution in [1.82, 2.24) is 9.47 Å². The molecule has 4 heteroatoms. The molecule has 0 fully saturated rings. The number of rotatable bonds is 2. The van der Waals surface area contributed by atoms with Gasteiger partial charge in [-0.15, -0.1) is 0 Å². The molecule has 132 valence electrons. The summed E-state index contributed by atoms with van der Waals surface area (Å²) >= 11 is 5.84. The van der Waals surface area contributed by atoms with Gasteiger partial charge in [-0.1, -0.05) is 42.5 Å². The van der Waals surface area contributed by atoms with E-state index in [1.54, 1.807) is 0 Å². The summed E-state index contributed by atoms with van der Waals surface area (Å²) < 4.78 is 2.33. The summed E-state index contributed by atoms with van der Waals surface area (Å²) in [4.78, 5) is 2.31. The molecule has 26 heavy (non-hydrogen) atoms. The van der Waals surface area contributed by atoms with Crippen molar-refractivity contribution in [2.45, 2.75) is 26.4 Å². The minimum absolute atomic E-state index is 0.130. The van der Waals surface area contributed by atoms with E-state index in [0.29, 0.717) is 0 Å². The van der Waals surface area contributed by atoms with Gasteiger partial charge in [-0.3, -0.25) is 0 Å². The molecule has 0 aliphatic carbocycles. The van der Waals surface area contributed by atoms with Crippen LogP contribution in [0.4, 0.5) is 5.69 Å². The molecule has 3 nitrogen and oxygen atoms in total. The van der Waals surface area contributed by atoms with Gasteiger partial charge in [0.2, 0.25) is 0 Å². The van der Waals surface area contributed by atoms with Crippen molar-refractivity contribution in [3.63, 3.8) is 0 Å². The highest BCUT2D eigenvalue weighted by atomic mass is 32.1. The van der Waals surface area contributed by atoms with Gasteiger partial charge < -0.3 is 14.8 Å². The number of thiocarbonyl (C=S) groups is 1. The van der Waals surface area contributed by atoms with Crippen molar-refractivity contribution in [3.8, 4) is 0 Å². The van der Waals surface area contributed by atoms with Crippen molar-refractivity contribution in [2.24, 2.45) is 0 Å². The molecule has 1 atom stereocenters. The molecule has 2 heterocycles. The molecular formula is C22H23N3S. The van der Waals surface area contributed by atoms with Crippen LogP contribution in [0.3, 0.4) is 0 Å². The highest BCUT2D eigenvalue weighted by Crippen LogP contribution is 2.33. The number of nitrogens with zero attached hydrogens (tertiary/aromatic N) is 2. The molecular weight excluding hydrogens is 338 g/mol. The Bertz CT molecular complexity index is 930. The molecule has 0 bridgehead atoms. The van der Waals surface area contributed by atoms with E-state index in [1.165, 1.54) is 22.4 Å². The van der Waals surface area contributed by atoms with Crippen molar-refractivity contribution >= 4 is 23.0 Å². The van der Waals surface area contributed by atoms with Gasteiger partial charge in [0.1, 0.15) is 0 Å². The molecule has 0 spiro atoms.